The normalized spacial score (nSPS) is 10.3. The number of halogens is 1. The van der Waals surface area contributed by atoms with E-state index >= 15 is 0 Å². The van der Waals surface area contributed by atoms with Gasteiger partial charge < -0.3 is 10.6 Å². The van der Waals surface area contributed by atoms with Gasteiger partial charge in [-0.15, -0.1) is 11.8 Å². The predicted molar refractivity (Wildman–Crippen MR) is 112 cm³/mol. The molecular formula is C21H17ClN2O2S. The standard InChI is InChI=1S/C21H17ClN2O2S/c1-27-17-10-7-14(8-11-17)20(25)24-19-13-15(9-12-18(19)22)21(26)23-16-5-3-2-4-6-16/h2-13H,1H3,(H,23,26)(H,24,25). The Morgan fingerprint density at radius 2 is 1.44 bits per heavy atom. The molecule has 3 aromatic rings. The van der Waals surface area contributed by atoms with E-state index in [9.17, 15) is 9.59 Å². The Morgan fingerprint density at radius 3 is 2.11 bits per heavy atom. The molecule has 0 fully saturated rings. The lowest BCUT2D eigenvalue weighted by Crippen LogP contribution is -2.15. The molecule has 0 aromatic heterocycles. The Bertz CT molecular complexity index is 960. The van der Waals surface area contributed by atoms with Gasteiger partial charge in [0.1, 0.15) is 0 Å². The van der Waals surface area contributed by atoms with Crippen molar-refractivity contribution in [2.75, 3.05) is 16.9 Å². The third-order valence-electron chi connectivity index (χ3n) is 3.86. The number of rotatable bonds is 5. The summed E-state index contributed by atoms with van der Waals surface area (Å²) < 4.78 is 0. The largest absolute Gasteiger partial charge is 0.322 e. The van der Waals surface area contributed by atoms with Crippen molar-refractivity contribution in [3.05, 3.63) is 88.9 Å². The molecule has 2 N–H and O–H groups in total. The summed E-state index contributed by atoms with van der Waals surface area (Å²) in [6, 6.07) is 21.2. The lowest BCUT2D eigenvalue weighted by atomic mass is 10.1. The fraction of sp³-hybridized carbons (Fsp3) is 0.0476. The van der Waals surface area contributed by atoms with E-state index in [2.05, 4.69) is 10.6 Å². The fourth-order valence-corrected chi connectivity index (χ4v) is 3.00. The zero-order valence-electron chi connectivity index (χ0n) is 14.5. The smallest absolute Gasteiger partial charge is 0.255 e. The quantitative estimate of drug-likeness (QED) is 0.554. The molecule has 3 rings (SSSR count). The van der Waals surface area contributed by atoms with E-state index in [-0.39, 0.29) is 11.8 Å². The first-order valence-electron chi connectivity index (χ1n) is 8.18. The molecule has 0 aliphatic rings. The first kappa shape index (κ1) is 19.0. The van der Waals surface area contributed by atoms with E-state index in [4.69, 9.17) is 11.6 Å². The zero-order valence-corrected chi connectivity index (χ0v) is 16.1. The number of amides is 2. The van der Waals surface area contributed by atoms with Crippen LogP contribution >= 0.6 is 23.4 Å². The van der Waals surface area contributed by atoms with Crippen LogP contribution in [0.1, 0.15) is 20.7 Å². The van der Waals surface area contributed by atoms with Gasteiger partial charge in [0.05, 0.1) is 10.7 Å². The van der Waals surface area contributed by atoms with E-state index in [1.54, 1.807) is 54.2 Å². The Balaban J connectivity index is 1.76. The number of para-hydroxylation sites is 1. The third kappa shape index (κ3) is 4.90. The van der Waals surface area contributed by atoms with Gasteiger partial charge in [-0.3, -0.25) is 9.59 Å². The summed E-state index contributed by atoms with van der Waals surface area (Å²) in [6.07, 6.45) is 1.97. The molecule has 0 aliphatic carbocycles. The maximum Gasteiger partial charge on any atom is 0.255 e. The van der Waals surface area contributed by atoms with Gasteiger partial charge in [-0.2, -0.15) is 0 Å². The lowest BCUT2D eigenvalue weighted by Gasteiger charge is -2.10. The van der Waals surface area contributed by atoms with Crippen LogP contribution in [0.2, 0.25) is 5.02 Å². The Hall–Kier alpha value is -2.76. The highest BCUT2D eigenvalue weighted by atomic mass is 35.5. The van der Waals surface area contributed by atoms with E-state index in [0.717, 1.165) is 4.90 Å². The molecule has 2 amide bonds. The molecule has 0 spiro atoms. The van der Waals surface area contributed by atoms with Crippen molar-refractivity contribution in [1.29, 1.82) is 0 Å². The van der Waals surface area contributed by atoms with Crippen LogP contribution in [-0.4, -0.2) is 18.1 Å². The van der Waals surface area contributed by atoms with Gasteiger partial charge in [0.25, 0.3) is 11.8 Å². The van der Waals surface area contributed by atoms with Crippen LogP contribution in [0.15, 0.2) is 77.7 Å². The average Bonchev–Trinajstić information content (AvgIpc) is 2.70. The van der Waals surface area contributed by atoms with Crippen molar-refractivity contribution >= 4 is 46.6 Å². The van der Waals surface area contributed by atoms with Crippen LogP contribution in [-0.2, 0) is 0 Å². The van der Waals surface area contributed by atoms with Crippen LogP contribution < -0.4 is 10.6 Å². The molecule has 136 valence electrons. The van der Waals surface area contributed by atoms with E-state index in [1.807, 2.05) is 36.6 Å². The van der Waals surface area contributed by atoms with Crippen LogP contribution in [0.25, 0.3) is 0 Å². The minimum absolute atomic E-state index is 0.280. The number of nitrogens with one attached hydrogen (secondary N) is 2. The molecule has 6 heteroatoms. The van der Waals surface area contributed by atoms with Gasteiger partial charge in [-0.25, -0.2) is 0 Å². The molecule has 0 heterocycles. The first-order valence-corrected chi connectivity index (χ1v) is 9.78. The third-order valence-corrected chi connectivity index (χ3v) is 4.93. The summed E-state index contributed by atoms with van der Waals surface area (Å²) in [7, 11) is 0. The number of carbonyl (C=O) groups is 2. The Kier molecular flexibility index (Phi) is 6.16. The number of carbonyl (C=O) groups excluding carboxylic acids is 2. The van der Waals surface area contributed by atoms with Crippen molar-refractivity contribution in [3.8, 4) is 0 Å². The second-order valence-corrected chi connectivity index (χ2v) is 6.98. The number of anilines is 2. The molecule has 3 aromatic carbocycles. The van der Waals surface area contributed by atoms with Gasteiger partial charge in [0.15, 0.2) is 0 Å². The predicted octanol–water partition coefficient (Wildman–Crippen LogP) is 5.57. The summed E-state index contributed by atoms with van der Waals surface area (Å²) >= 11 is 7.79. The van der Waals surface area contributed by atoms with Gasteiger partial charge in [-0.1, -0.05) is 29.8 Å². The average molecular weight is 397 g/mol. The van der Waals surface area contributed by atoms with Gasteiger partial charge in [-0.05, 0) is 60.9 Å². The van der Waals surface area contributed by atoms with Gasteiger partial charge in [0.2, 0.25) is 0 Å². The highest BCUT2D eigenvalue weighted by Gasteiger charge is 2.12. The van der Waals surface area contributed by atoms with Crippen molar-refractivity contribution in [1.82, 2.24) is 0 Å². The Morgan fingerprint density at radius 1 is 0.815 bits per heavy atom. The highest BCUT2D eigenvalue weighted by molar-refractivity contribution is 7.98. The van der Waals surface area contributed by atoms with E-state index in [0.29, 0.717) is 27.5 Å². The summed E-state index contributed by atoms with van der Waals surface area (Å²) in [5, 5.41) is 5.93. The van der Waals surface area contributed by atoms with Crippen molar-refractivity contribution in [2.45, 2.75) is 4.90 Å². The number of thioether (sulfide) groups is 1. The molecule has 0 bridgehead atoms. The van der Waals surface area contributed by atoms with Crippen molar-refractivity contribution < 1.29 is 9.59 Å². The van der Waals surface area contributed by atoms with Gasteiger partial charge >= 0.3 is 0 Å². The minimum Gasteiger partial charge on any atom is -0.322 e. The lowest BCUT2D eigenvalue weighted by molar-refractivity contribution is 0.101. The molecule has 4 nitrogen and oxygen atoms in total. The molecule has 0 saturated heterocycles. The molecular weight excluding hydrogens is 380 g/mol. The molecule has 0 unspecified atom stereocenters. The van der Waals surface area contributed by atoms with Crippen LogP contribution in [0.5, 0.6) is 0 Å². The topological polar surface area (TPSA) is 58.2 Å². The zero-order chi connectivity index (χ0) is 19.2. The number of hydrogen-bond acceptors (Lipinski definition) is 3. The maximum absolute atomic E-state index is 12.5. The summed E-state index contributed by atoms with van der Waals surface area (Å²) in [5.41, 5.74) is 1.99. The summed E-state index contributed by atoms with van der Waals surface area (Å²) in [6.45, 7) is 0. The van der Waals surface area contributed by atoms with Crippen LogP contribution in [0, 0.1) is 0 Å². The minimum atomic E-state index is -0.287. The van der Waals surface area contributed by atoms with Crippen molar-refractivity contribution in [2.24, 2.45) is 0 Å². The first-order chi connectivity index (χ1) is 13.1. The highest BCUT2D eigenvalue weighted by Crippen LogP contribution is 2.25. The molecule has 27 heavy (non-hydrogen) atoms. The molecule has 0 radical (unpaired) electrons. The SMILES string of the molecule is CSc1ccc(C(=O)Nc2cc(C(=O)Nc3ccccc3)ccc2Cl)cc1. The van der Waals surface area contributed by atoms with E-state index in [1.165, 1.54) is 0 Å². The number of hydrogen-bond donors (Lipinski definition) is 2. The van der Waals surface area contributed by atoms with Crippen LogP contribution in [0.3, 0.4) is 0 Å². The molecule has 0 atom stereocenters. The Labute approximate surface area is 166 Å². The molecule has 0 aliphatic heterocycles. The maximum atomic E-state index is 12.5. The second kappa shape index (κ2) is 8.75. The fourth-order valence-electron chi connectivity index (χ4n) is 2.42. The van der Waals surface area contributed by atoms with E-state index < -0.39 is 0 Å². The monoisotopic (exact) mass is 396 g/mol. The van der Waals surface area contributed by atoms with Crippen molar-refractivity contribution in [3.63, 3.8) is 0 Å². The number of benzene rings is 3. The van der Waals surface area contributed by atoms with Gasteiger partial charge in [0, 0.05) is 21.7 Å². The summed E-state index contributed by atoms with van der Waals surface area (Å²) in [5.74, 6) is -0.567. The van der Waals surface area contributed by atoms with Crippen LogP contribution in [0.4, 0.5) is 11.4 Å². The molecule has 0 saturated carbocycles. The summed E-state index contributed by atoms with van der Waals surface area (Å²) in [4.78, 5) is 26.0. The second-order valence-electron chi connectivity index (χ2n) is 5.70.